The zero-order valence-corrected chi connectivity index (χ0v) is 10.9. The van der Waals surface area contributed by atoms with Crippen molar-refractivity contribution in [2.24, 2.45) is 0 Å². The predicted molar refractivity (Wildman–Crippen MR) is 67.3 cm³/mol. The average molecular weight is 255 g/mol. The number of thiazole rings is 1. The highest BCUT2D eigenvalue weighted by molar-refractivity contribution is 7.13. The number of hydrogen-bond donors (Lipinski definition) is 1. The molecular weight excluding hydrogens is 238 g/mol. The van der Waals surface area contributed by atoms with Crippen molar-refractivity contribution < 1.29 is 9.53 Å². The van der Waals surface area contributed by atoms with Gasteiger partial charge in [0.1, 0.15) is 0 Å². The van der Waals surface area contributed by atoms with Crippen LogP contribution in [0.5, 0.6) is 0 Å². The van der Waals surface area contributed by atoms with Crippen LogP contribution in [0.25, 0.3) is 0 Å². The third kappa shape index (κ3) is 3.41. The minimum Gasteiger partial charge on any atom is -0.374 e. The van der Waals surface area contributed by atoms with Crippen molar-refractivity contribution in [1.29, 1.82) is 0 Å². The molecule has 1 aromatic heterocycles. The van der Waals surface area contributed by atoms with Crippen LogP contribution in [0, 0.1) is 0 Å². The minimum absolute atomic E-state index is 0.0881. The van der Waals surface area contributed by atoms with Gasteiger partial charge in [-0.15, -0.1) is 11.3 Å². The fourth-order valence-corrected chi connectivity index (χ4v) is 2.38. The highest BCUT2D eigenvalue weighted by Crippen LogP contribution is 2.17. The van der Waals surface area contributed by atoms with Crippen molar-refractivity contribution in [3.63, 3.8) is 0 Å². The summed E-state index contributed by atoms with van der Waals surface area (Å²) in [5.74, 6) is 0. The second-order valence-electron chi connectivity index (χ2n) is 4.31. The first-order chi connectivity index (χ1) is 8.15. The largest absolute Gasteiger partial charge is 0.374 e. The van der Waals surface area contributed by atoms with Crippen LogP contribution in [-0.4, -0.2) is 41.2 Å². The number of carbonyl (C=O) groups excluding carboxylic acids is 1. The lowest BCUT2D eigenvalue weighted by molar-refractivity contribution is 0.0160. The van der Waals surface area contributed by atoms with Crippen molar-refractivity contribution in [2.75, 3.05) is 18.4 Å². The highest BCUT2D eigenvalue weighted by Gasteiger charge is 2.27. The third-order valence-corrected chi connectivity index (χ3v) is 3.23. The predicted octanol–water partition coefficient (Wildman–Crippen LogP) is 2.17. The maximum absolute atomic E-state index is 11.9. The summed E-state index contributed by atoms with van der Waals surface area (Å²) in [4.78, 5) is 17.7. The molecule has 1 fully saturated rings. The fraction of sp³-hybridized carbons (Fsp3) is 0.636. The number of likely N-dealkylation sites (tertiary alicyclic amines) is 1. The van der Waals surface area contributed by atoms with Crippen LogP contribution in [0.3, 0.4) is 0 Å². The number of nitrogens with zero attached hydrogens (tertiary/aromatic N) is 2. The molecule has 0 spiro atoms. The molecule has 1 aromatic rings. The first-order valence-electron chi connectivity index (χ1n) is 5.76. The quantitative estimate of drug-likeness (QED) is 0.900. The van der Waals surface area contributed by atoms with E-state index >= 15 is 0 Å². The maximum Gasteiger partial charge on any atom is 0.323 e. The molecule has 1 unspecified atom stereocenters. The molecule has 2 rings (SSSR count). The van der Waals surface area contributed by atoms with E-state index in [0.717, 1.165) is 13.0 Å². The SMILES string of the molecule is CC(C)OC1CCN(C(=O)Nc2nccs2)C1. The second kappa shape index (κ2) is 5.46. The molecule has 1 aliphatic rings. The van der Waals surface area contributed by atoms with Gasteiger partial charge < -0.3 is 9.64 Å². The molecule has 17 heavy (non-hydrogen) atoms. The lowest BCUT2D eigenvalue weighted by Gasteiger charge is -2.17. The minimum atomic E-state index is -0.0881. The van der Waals surface area contributed by atoms with Crippen LogP contribution in [-0.2, 0) is 4.74 Å². The van der Waals surface area contributed by atoms with Gasteiger partial charge in [-0.25, -0.2) is 9.78 Å². The summed E-state index contributed by atoms with van der Waals surface area (Å²) in [5.41, 5.74) is 0. The molecule has 6 heteroatoms. The zero-order chi connectivity index (χ0) is 12.3. The van der Waals surface area contributed by atoms with E-state index < -0.39 is 0 Å². The molecule has 0 saturated carbocycles. The van der Waals surface area contributed by atoms with Gasteiger partial charge in [0.05, 0.1) is 12.2 Å². The van der Waals surface area contributed by atoms with Crippen LogP contribution in [0.4, 0.5) is 9.93 Å². The number of urea groups is 1. The molecule has 1 aliphatic heterocycles. The molecule has 1 N–H and O–H groups in total. The summed E-state index contributed by atoms with van der Waals surface area (Å²) in [5, 5.41) is 5.26. The van der Waals surface area contributed by atoms with Crippen molar-refractivity contribution in [1.82, 2.24) is 9.88 Å². The van der Waals surface area contributed by atoms with Gasteiger partial charge in [0, 0.05) is 24.7 Å². The van der Waals surface area contributed by atoms with E-state index in [9.17, 15) is 4.79 Å². The molecular formula is C11H17N3O2S. The first kappa shape index (κ1) is 12.3. The molecule has 0 aromatic carbocycles. The van der Waals surface area contributed by atoms with E-state index in [0.29, 0.717) is 11.7 Å². The smallest absolute Gasteiger partial charge is 0.323 e. The molecule has 1 saturated heterocycles. The molecule has 1 atom stereocenters. The van der Waals surface area contributed by atoms with Crippen LogP contribution < -0.4 is 5.32 Å². The number of aromatic nitrogens is 1. The molecule has 2 amide bonds. The molecule has 0 aliphatic carbocycles. The monoisotopic (exact) mass is 255 g/mol. The van der Waals surface area contributed by atoms with Crippen LogP contribution in [0.15, 0.2) is 11.6 Å². The Kier molecular flexibility index (Phi) is 3.96. The molecule has 0 radical (unpaired) electrons. The summed E-state index contributed by atoms with van der Waals surface area (Å²) < 4.78 is 5.69. The van der Waals surface area contributed by atoms with E-state index in [2.05, 4.69) is 10.3 Å². The van der Waals surface area contributed by atoms with Crippen LogP contribution >= 0.6 is 11.3 Å². The van der Waals surface area contributed by atoms with Gasteiger partial charge in [0.15, 0.2) is 5.13 Å². The standard InChI is InChI=1S/C11H17N3O2S/c1-8(2)16-9-3-5-14(7-9)11(15)13-10-12-4-6-17-10/h4,6,8-9H,3,5,7H2,1-2H3,(H,12,13,15). The summed E-state index contributed by atoms with van der Waals surface area (Å²) in [6, 6.07) is -0.0881. The van der Waals surface area contributed by atoms with Gasteiger partial charge >= 0.3 is 6.03 Å². The van der Waals surface area contributed by atoms with Crippen LogP contribution in [0.2, 0.25) is 0 Å². The number of hydrogen-bond acceptors (Lipinski definition) is 4. The summed E-state index contributed by atoms with van der Waals surface area (Å²) >= 11 is 1.42. The summed E-state index contributed by atoms with van der Waals surface area (Å²) in [7, 11) is 0. The summed E-state index contributed by atoms with van der Waals surface area (Å²) in [6.07, 6.45) is 2.96. The molecule has 5 nitrogen and oxygen atoms in total. The number of amides is 2. The molecule has 94 valence electrons. The number of ether oxygens (including phenoxy) is 1. The van der Waals surface area contributed by atoms with Crippen molar-refractivity contribution in [2.45, 2.75) is 32.5 Å². The summed E-state index contributed by atoms with van der Waals surface area (Å²) in [6.45, 7) is 5.43. The highest BCUT2D eigenvalue weighted by atomic mass is 32.1. The molecule has 2 heterocycles. The van der Waals surface area contributed by atoms with Crippen molar-refractivity contribution in [3.05, 3.63) is 11.6 Å². The Morgan fingerprint density at radius 3 is 3.18 bits per heavy atom. The lowest BCUT2D eigenvalue weighted by Crippen LogP contribution is -2.34. The van der Waals surface area contributed by atoms with Gasteiger partial charge in [0.25, 0.3) is 0 Å². The van der Waals surface area contributed by atoms with E-state index in [-0.39, 0.29) is 18.2 Å². The van der Waals surface area contributed by atoms with Crippen LogP contribution in [0.1, 0.15) is 20.3 Å². The van der Waals surface area contributed by atoms with E-state index in [1.807, 2.05) is 19.2 Å². The number of carbonyl (C=O) groups is 1. The Hall–Kier alpha value is -1.14. The van der Waals surface area contributed by atoms with Gasteiger partial charge in [0.2, 0.25) is 0 Å². The number of nitrogens with one attached hydrogen (secondary N) is 1. The fourth-order valence-electron chi connectivity index (χ4n) is 1.86. The van der Waals surface area contributed by atoms with Gasteiger partial charge in [-0.3, -0.25) is 5.32 Å². The normalized spacial score (nSPS) is 19.9. The van der Waals surface area contributed by atoms with Gasteiger partial charge in [-0.05, 0) is 20.3 Å². The van der Waals surface area contributed by atoms with E-state index in [4.69, 9.17) is 4.74 Å². The van der Waals surface area contributed by atoms with Crippen molar-refractivity contribution >= 4 is 22.5 Å². The Morgan fingerprint density at radius 1 is 1.71 bits per heavy atom. The number of rotatable bonds is 3. The second-order valence-corrected chi connectivity index (χ2v) is 5.20. The Bertz CT molecular complexity index is 367. The Balaban J connectivity index is 1.82. The first-order valence-corrected chi connectivity index (χ1v) is 6.64. The maximum atomic E-state index is 11.9. The third-order valence-electron chi connectivity index (χ3n) is 2.54. The van der Waals surface area contributed by atoms with E-state index in [1.165, 1.54) is 11.3 Å². The Labute approximate surface area is 105 Å². The topological polar surface area (TPSA) is 54.5 Å². The van der Waals surface area contributed by atoms with Gasteiger partial charge in [-0.2, -0.15) is 0 Å². The van der Waals surface area contributed by atoms with Gasteiger partial charge in [-0.1, -0.05) is 0 Å². The zero-order valence-electron chi connectivity index (χ0n) is 10.0. The molecule has 0 bridgehead atoms. The lowest BCUT2D eigenvalue weighted by atomic mass is 10.3. The average Bonchev–Trinajstić information content (AvgIpc) is 2.87. The van der Waals surface area contributed by atoms with E-state index in [1.54, 1.807) is 11.1 Å². The number of anilines is 1. The Morgan fingerprint density at radius 2 is 2.53 bits per heavy atom. The van der Waals surface area contributed by atoms with Crippen molar-refractivity contribution in [3.8, 4) is 0 Å².